The summed E-state index contributed by atoms with van der Waals surface area (Å²) in [5.74, 6) is -0.728. The predicted molar refractivity (Wildman–Crippen MR) is 79.5 cm³/mol. The van der Waals surface area contributed by atoms with Crippen LogP contribution in [0.15, 0.2) is 40.6 Å². The average Bonchev–Trinajstić information content (AvgIpc) is 2.93. The normalized spacial score (nSPS) is 14.4. The van der Waals surface area contributed by atoms with Gasteiger partial charge >= 0.3 is 0 Å². The lowest BCUT2D eigenvalue weighted by Crippen LogP contribution is -2.26. The maximum absolute atomic E-state index is 12.1. The number of sulfone groups is 1. The van der Waals surface area contributed by atoms with E-state index in [-0.39, 0.29) is 23.0 Å². The zero-order chi connectivity index (χ0) is 16.2. The molecule has 1 aliphatic rings. The van der Waals surface area contributed by atoms with Gasteiger partial charge in [-0.25, -0.2) is 8.42 Å². The van der Waals surface area contributed by atoms with E-state index in [2.05, 4.69) is 5.32 Å². The summed E-state index contributed by atoms with van der Waals surface area (Å²) >= 11 is 5.71. The first-order valence-corrected chi connectivity index (χ1v) is 8.49. The Morgan fingerprint density at radius 1 is 1.36 bits per heavy atom. The minimum absolute atomic E-state index is 0.110. The van der Waals surface area contributed by atoms with Crippen molar-refractivity contribution in [1.29, 1.82) is 5.26 Å². The highest BCUT2D eigenvalue weighted by Gasteiger charge is 2.20. The molecule has 0 bridgehead atoms. The van der Waals surface area contributed by atoms with Gasteiger partial charge in [0.25, 0.3) is 0 Å². The number of nitriles is 1. The lowest BCUT2D eigenvalue weighted by Gasteiger charge is -2.07. The summed E-state index contributed by atoms with van der Waals surface area (Å²) in [6.45, 7) is 0.335. The van der Waals surface area contributed by atoms with Gasteiger partial charge in [-0.2, -0.15) is 5.26 Å². The van der Waals surface area contributed by atoms with E-state index in [9.17, 15) is 13.2 Å². The van der Waals surface area contributed by atoms with Crippen molar-refractivity contribution in [1.82, 2.24) is 5.32 Å². The Balaban J connectivity index is 1.96. The van der Waals surface area contributed by atoms with Crippen molar-refractivity contribution in [3.63, 3.8) is 0 Å². The van der Waals surface area contributed by atoms with E-state index in [4.69, 9.17) is 21.6 Å². The fourth-order valence-electron chi connectivity index (χ4n) is 1.85. The first-order chi connectivity index (χ1) is 10.4. The maximum Gasteiger partial charge on any atom is 0.227 e. The molecule has 1 N–H and O–H groups in total. The highest BCUT2D eigenvalue weighted by Crippen LogP contribution is 2.17. The maximum atomic E-state index is 12.1. The Bertz CT molecular complexity index is 748. The van der Waals surface area contributed by atoms with Crippen molar-refractivity contribution >= 4 is 27.3 Å². The molecule has 1 heterocycles. The standard InChI is InChI=1S/C14H13ClN2O4S/c15-11-1-3-12(4-2-11)22(19,20)8-6-13(18)17-14-10(9-16)5-7-21-14/h1-4H,5-8H2,(H,17,18). The van der Waals surface area contributed by atoms with Crippen molar-refractivity contribution < 1.29 is 17.9 Å². The third kappa shape index (κ3) is 4.00. The van der Waals surface area contributed by atoms with E-state index >= 15 is 0 Å². The molecule has 0 radical (unpaired) electrons. The van der Waals surface area contributed by atoms with E-state index in [0.717, 1.165) is 0 Å². The second-order valence-electron chi connectivity index (χ2n) is 4.59. The predicted octanol–water partition coefficient (Wildman–Crippen LogP) is 1.78. The average molecular weight is 341 g/mol. The van der Waals surface area contributed by atoms with Crippen molar-refractivity contribution in [3.8, 4) is 6.07 Å². The van der Waals surface area contributed by atoms with Gasteiger partial charge in [-0.3, -0.25) is 10.1 Å². The summed E-state index contributed by atoms with van der Waals surface area (Å²) in [6, 6.07) is 7.68. The molecule has 0 aromatic heterocycles. The first-order valence-electron chi connectivity index (χ1n) is 6.46. The Hall–Kier alpha value is -2.04. The molecule has 0 saturated carbocycles. The van der Waals surface area contributed by atoms with Crippen LogP contribution in [0.1, 0.15) is 12.8 Å². The molecule has 0 fully saturated rings. The zero-order valence-electron chi connectivity index (χ0n) is 11.5. The molecule has 0 atom stereocenters. The topological polar surface area (TPSA) is 96.3 Å². The molecule has 116 valence electrons. The van der Waals surface area contributed by atoms with Gasteiger partial charge in [-0.1, -0.05) is 11.6 Å². The van der Waals surface area contributed by atoms with Crippen molar-refractivity contribution in [2.45, 2.75) is 17.7 Å². The fourth-order valence-corrected chi connectivity index (χ4v) is 3.22. The van der Waals surface area contributed by atoms with Crippen LogP contribution in [0.25, 0.3) is 0 Å². The summed E-state index contributed by atoms with van der Waals surface area (Å²) in [5.41, 5.74) is 0.355. The fraction of sp³-hybridized carbons (Fsp3) is 0.286. The number of ether oxygens (including phenoxy) is 1. The molecule has 1 aromatic carbocycles. The lowest BCUT2D eigenvalue weighted by molar-refractivity contribution is -0.120. The lowest BCUT2D eigenvalue weighted by atomic mass is 10.2. The van der Waals surface area contributed by atoms with Crippen LogP contribution in [-0.2, 0) is 19.4 Å². The summed E-state index contributed by atoms with van der Waals surface area (Å²) in [5, 5.41) is 11.7. The zero-order valence-corrected chi connectivity index (χ0v) is 13.1. The van der Waals surface area contributed by atoms with Gasteiger partial charge in [-0.15, -0.1) is 0 Å². The minimum Gasteiger partial charge on any atom is -0.478 e. The number of rotatable bonds is 5. The molecule has 0 aliphatic carbocycles. The smallest absolute Gasteiger partial charge is 0.227 e. The number of nitrogens with one attached hydrogen (secondary N) is 1. The molecule has 0 saturated heterocycles. The van der Waals surface area contributed by atoms with Gasteiger partial charge < -0.3 is 4.74 Å². The molecule has 6 nitrogen and oxygen atoms in total. The third-order valence-electron chi connectivity index (χ3n) is 3.03. The number of benzene rings is 1. The molecule has 2 rings (SSSR count). The molecule has 0 unspecified atom stereocenters. The molecular weight excluding hydrogens is 328 g/mol. The van der Waals surface area contributed by atoms with E-state index in [1.807, 2.05) is 6.07 Å². The number of amides is 1. The summed E-state index contributed by atoms with van der Waals surface area (Å²) in [6.07, 6.45) is 0.214. The van der Waals surface area contributed by atoms with E-state index in [1.54, 1.807) is 0 Å². The van der Waals surface area contributed by atoms with Gasteiger partial charge in [-0.05, 0) is 24.3 Å². The van der Waals surface area contributed by atoms with Gasteiger partial charge in [0.1, 0.15) is 6.07 Å². The summed E-state index contributed by atoms with van der Waals surface area (Å²) in [4.78, 5) is 11.9. The minimum atomic E-state index is -3.57. The largest absolute Gasteiger partial charge is 0.478 e. The second-order valence-corrected chi connectivity index (χ2v) is 7.13. The Kier molecular flexibility index (Phi) is 5.06. The van der Waals surface area contributed by atoms with Crippen LogP contribution in [-0.4, -0.2) is 26.7 Å². The van der Waals surface area contributed by atoms with Crippen LogP contribution < -0.4 is 5.32 Å². The van der Waals surface area contributed by atoms with Gasteiger partial charge in [0, 0.05) is 17.9 Å². The summed E-state index contributed by atoms with van der Waals surface area (Å²) < 4.78 is 29.3. The van der Waals surface area contributed by atoms with Crippen LogP contribution in [0.2, 0.25) is 5.02 Å². The molecular formula is C14H13ClN2O4S. The van der Waals surface area contributed by atoms with E-state index < -0.39 is 15.7 Å². The monoisotopic (exact) mass is 340 g/mol. The Morgan fingerprint density at radius 3 is 2.68 bits per heavy atom. The van der Waals surface area contributed by atoms with Gasteiger partial charge in [0.15, 0.2) is 9.84 Å². The molecule has 1 aliphatic heterocycles. The van der Waals surface area contributed by atoms with Crippen LogP contribution in [0.5, 0.6) is 0 Å². The second kappa shape index (κ2) is 6.81. The molecule has 22 heavy (non-hydrogen) atoms. The van der Waals surface area contributed by atoms with Gasteiger partial charge in [0.05, 0.1) is 22.8 Å². The first kappa shape index (κ1) is 16.3. The third-order valence-corrected chi connectivity index (χ3v) is 5.02. The highest BCUT2D eigenvalue weighted by molar-refractivity contribution is 7.91. The van der Waals surface area contributed by atoms with Crippen LogP contribution in [0.4, 0.5) is 0 Å². The molecule has 0 spiro atoms. The molecule has 8 heteroatoms. The summed E-state index contributed by atoms with van der Waals surface area (Å²) in [7, 11) is -3.57. The number of halogens is 1. The molecule has 1 aromatic rings. The Morgan fingerprint density at radius 2 is 2.05 bits per heavy atom. The highest BCUT2D eigenvalue weighted by atomic mass is 35.5. The SMILES string of the molecule is N#CC1=C(NC(=O)CCS(=O)(=O)c2ccc(Cl)cc2)OCC1. The van der Waals surface area contributed by atoms with Crippen molar-refractivity contribution in [2.75, 3.05) is 12.4 Å². The van der Waals surface area contributed by atoms with Crippen LogP contribution in [0.3, 0.4) is 0 Å². The van der Waals surface area contributed by atoms with Crippen molar-refractivity contribution in [3.05, 3.63) is 40.7 Å². The van der Waals surface area contributed by atoms with Crippen molar-refractivity contribution in [2.24, 2.45) is 0 Å². The van der Waals surface area contributed by atoms with Crippen LogP contribution >= 0.6 is 11.6 Å². The number of hydrogen-bond donors (Lipinski definition) is 1. The number of carbonyl (C=O) groups is 1. The quantitative estimate of drug-likeness (QED) is 0.881. The number of carbonyl (C=O) groups excluding carboxylic acids is 1. The van der Waals surface area contributed by atoms with Crippen LogP contribution in [0, 0.1) is 11.3 Å². The van der Waals surface area contributed by atoms with E-state index in [1.165, 1.54) is 24.3 Å². The number of nitrogens with zero attached hydrogens (tertiary/aromatic N) is 1. The van der Waals surface area contributed by atoms with E-state index in [0.29, 0.717) is 23.6 Å². The van der Waals surface area contributed by atoms with Gasteiger partial charge in [0.2, 0.25) is 11.8 Å². The molecule has 1 amide bonds. The Labute approximate surface area is 133 Å². The number of hydrogen-bond acceptors (Lipinski definition) is 5.